The van der Waals surface area contributed by atoms with Crippen LogP contribution < -0.4 is 0 Å². The molecule has 6 heteroatoms. The molecule has 0 spiro atoms. The van der Waals surface area contributed by atoms with E-state index >= 15 is 0 Å². The van der Waals surface area contributed by atoms with Crippen molar-refractivity contribution in [2.24, 2.45) is 5.92 Å². The molecule has 1 saturated heterocycles. The van der Waals surface area contributed by atoms with Crippen LogP contribution in [0.1, 0.15) is 59.3 Å². The molecule has 0 bridgehead atoms. The quantitative estimate of drug-likeness (QED) is 0.730. The Labute approximate surface area is 137 Å². The Morgan fingerprint density at radius 1 is 1.13 bits per heavy atom. The van der Waals surface area contributed by atoms with Gasteiger partial charge in [0.15, 0.2) is 11.9 Å². The number of nitrogens with zero attached hydrogens (tertiary/aromatic N) is 1. The third-order valence-corrected chi connectivity index (χ3v) is 4.16. The van der Waals surface area contributed by atoms with Gasteiger partial charge in [0.1, 0.15) is 5.60 Å². The highest BCUT2D eigenvalue weighted by Gasteiger charge is 2.34. The zero-order valence-corrected chi connectivity index (χ0v) is 14.3. The molecule has 23 heavy (non-hydrogen) atoms. The average molecular weight is 325 g/mol. The first-order valence-corrected chi connectivity index (χ1v) is 8.47. The van der Waals surface area contributed by atoms with Gasteiger partial charge in [-0.1, -0.05) is 0 Å². The highest BCUT2D eigenvalue weighted by Crippen LogP contribution is 2.23. The van der Waals surface area contributed by atoms with Crippen molar-refractivity contribution in [3.05, 3.63) is 0 Å². The summed E-state index contributed by atoms with van der Waals surface area (Å²) in [7, 11) is 0. The molecule has 0 aromatic carbocycles. The molecule has 2 atom stereocenters. The zero-order chi connectivity index (χ0) is 17.0. The van der Waals surface area contributed by atoms with Crippen LogP contribution in [0.15, 0.2) is 0 Å². The number of amides is 1. The monoisotopic (exact) mass is 325 g/mol. The van der Waals surface area contributed by atoms with E-state index < -0.39 is 17.8 Å². The summed E-state index contributed by atoms with van der Waals surface area (Å²) < 4.78 is 10.8. The molecule has 0 N–H and O–H groups in total. The van der Waals surface area contributed by atoms with Gasteiger partial charge in [-0.05, 0) is 52.9 Å². The van der Waals surface area contributed by atoms with E-state index in [2.05, 4.69) is 0 Å². The molecule has 0 radical (unpaired) electrons. The van der Waals surface area contributed by atoms with Crippen molar-refractivity contribution in [1.29, 1.82) is 0 Å². The molecule has 2 aliphatic rings. The van der Waals surface area contributed by atoms with Crippen molar-refractivity contribution in [3.8, 4) is 0 Å². The van der Waals surface area contributed by atoms with Crippen LogP contribution in [0.3, 0.4) is 0 Å². The number of rotatable bonds is 2. The van der Waals surface area contributed by atoms with E-state index in [1.807, 2.05) is 20.8 Å². The number of piperidine rings is 1. The molecule has 1 amide bonds. The maximum atomic E-state index is 12.3. The number of Topliss-reactive ketones (excluding diaryl/α,β-unsaturated/α-hetero) is 1. The summed E-state index contributed by atoms with van der Waals surface area (Å²) in [5.74, 6) is -0.714. The molecule has 1 aliphatic carbocycles. The fraction of sp³-hybridized carbons (Fsp3) is 0.824. The minimum absolute atomic E-state index is 0.0180. The van der Waals surface area contributed by atoms with Gasteiger partial charge in [-0.15, -0.1) is 0 Å². The molecule has 0 aromatic heterocycles. The Hall–Kier alpha value is -1.59. The van der Waals surface area contributed by atoms with Crippen molar-refractivity contribution < 1.29 is 23.9 Å². The summed E-state index contributed by atoms with van der Waals surface area (Å²) in [5.41, 5.74) is -0.556. The summed E-state index contributed by atoms with van der Waals surface area (Å²) >= 11 is 0. The Morgan fingerprint density at radius 2 is 1.87 bits per heavy atom. The summed E-state index contributed by atoms with van der Waals surface area (Å²) in [4.78, 5) is 37.8. The number of likely N-dealkylation sites (tertiary alicyclic amines) is 1. The van der Waals surface area contributed by atoms with Gasteiger partial charge in [-0.2, -0.15) is 0 Å². The van der Waals surface area contributed by atoms with Gasteiger partial charge in [-0.25, -0.2) is 4.79 Å². The number of carbonyl (C=O) groups is 3. The summed E-state index contributed by atoms with van der Waals surface area (Å²) in [6, 6.07) is 0. The number of carbonyl (C=O) groups excluding carboxylic acids is 3. The summed E-state index contributed by atoms with van der Waals surface area (Å²) in [6.07, 6.45) is 3.33. The number of esters is 1. The summed E-state index contributed by atoms with van der Waals surface area (Å²) in [5, 5.41) is 0. The van der Waals surface area contributed by atoms with Crippen LogP contribution in [0.25, 0.3) is 0 Å². The summed E-state index contributed by atoms with van der Waals surface area (Å²) in [6.45, 7) is 6.33. The van der Waals surface area contributed by atoms with Crippen molar-refractivity contribution in [2.75, 3.05) is 13.1 Å². The van der Waals surface area contributed by atoms with Crippen LogP contribution in [-0.2, 0) is 19.1 Å². The molecule has 0 unspecified atom stereocenters. The van der Waals surface area contributed by atoms with Gasteiger partial charge < -0.3 is 14.4 Å². The predicted molar refractivity (Wildman–Crippen MR) is 83.9 cm³/mol. The second-order valence-corrected chi connectivity index (χ2v) is 7.40. The van der Waals surface area contributed by atoms with E-state index in [0.717, 1.165) is 19.3 Å². The molecule has 6 nitrogen and oxygen atoms in total. The van der Waals surface area contributed by atoms with E-state index in [4.69, 9.17) is 9.47 Å². The van der Waals surface area contributed by atoms with Gasteiger partial charge in [0.05, 0.1) is 5.92 Å². The lowest BCUT2D eigenvalue weighted by atomic mass is 9.95. The normalized spacial score (nSPS) is 25.9. The topological polar surface area (TPSA) is 72.9 Å². The fourth-order valence-corrected chi connectivity index (χ4v) is 2.97. The second-order valence-electron chi connectivity index (χ2n) is 7.40. The first-order chi connectivity index (χ1) is 10.8. The Morgan fingerprint density at radius 3 is 2.52 bits per heavy atom. The van der Waals surface area contributed by atoms with Crippen LogP contribution in [-0.4, -0.2) is 47.5 Å². The molecule has 2 fully saturated rings. The lowest BCUT2D eigenvalue weighted by Gasteiger charge is -2.33. The Bertz CT molecular complexity index is 468. The maximum Gasteiger partial charge on any atom is 0.410 e. The van der Waals surface area contributed by atoms with E-state index in [0.29, 0.717) is 32.4 Å². The number of hydrogen-bond donors (Lipinski definition) is 0. The largest absolute Gasteiger partial charge is 0.454 e. The molecule has 1 heterocycles. The lowest BCUT2D eigenvalue weighted by Crippen LogP contribution is -2.45. The van der Waals surface area contributed by atoms with E-state index in [1.165, 1.54) is 0 Å². The minimum Gasteiger partial charge on any atom is -0.454 e. The second kappa shape index (κ2) is 7.32. The van der Waals surface area contributed by atoms with Crippen molar-refractivity contribution in [3.63, 3.8) is 0 Å². The Kier molecular flexibility index (Phi) is 5.65. The van der Waals surface area contributed by atoms with Gasteiger partial charge in [0.25, 0.3) is 0 Å². The molecule has 130 valence electrons. The van der Waals surface area contributed by atoms with Crippen molar-refractivity contribution in [2.45, 2.75) is 71.0 Å². The van der Waals surface area contributed by atoms with Crippen LogP contribution in [0, 0.1) is 5.92 Å². The van der Waals surface area contributed by atoms with Crippen LogP contribution >= 0.6 is 0 Å². The lowest BCUT2D eigenvalue weighted by molar-refractivity contribution is -0.162. The van der Waals surface area contributed by atoms with Gasteiger partial charge in [-0.3, -0.25) is 9.59 Å². The van der Waals surface area contributed by atoms with Crippen molar-refractivity contribution in [1.82, 2.24) is 4.90 Å². The number of hydrogen-bond acceptors (Lipinski definition) is 5. The number of ketones is 1. The van der Waals surface area contributed by atoms with Crippen molar-refractivity contribution >= 4 is 17.8 Å². The number of ether oxygens (including phenoxy) is 2. The maximum absolute atomic E-state index is 12.3. The fourth-order valence-electron chi connectivity index (χ4n) is 2.97. The standard InChI is InChI=1S/C17H27NO5/c1-17(2,3)23-16(21)18-10-6-7-12(11-18)15(20)22-14-9-5-4-8-13(14)19/h12,14H,4-11H2,1-3H3/t12-,14+/m0/s1. The smallest absolute Gasteiger partial charge is 0.410 e. The predicted octanol–water partition coefficient (Wildman–Crippen LogP) is 2.69. The SMILES string of the molecule is CC(C)(C)OC(=O)N1CCC[C@H](C(=O)O[C@@H]2CCCCC2=O)C1. The third-order valence-electron chi connectivity index (χ3n) is 4.16. The van der Waals surface area contributed by atoms with Crippen LogP contribution in [0.4, 0.5) is 4.79 Å². The molecule has 1 aliphatic heterocycles. The first-order valence-electron chi connectivity index (χ1n) is 8.47. The van der Waals surface area contributed by atoms with E-state index in [-0.39, 0.29) is 17.7 Å². The van der Waals surface area contributed by atoms with Crippen LogP contribution in [0.5, 0.6) is 0 Å². The highest BCUT2D eigenvalue weighted by atomic mass is 16.6. The minimum atomic E-state index is -0.590. The Balaban J connectivity index is 1.88. The van der Waals surface area contributed by atoms with Gasteiger partial charge in [0.2, 0.25) is 0 Å². The van der Waals surface area contributed by atoms with Crippen LogP contribution in [0.2, 0.25) is 0 Å². The van der Waals surface area contributed by atoms with E-state index in [9.17, 15) is 14.4 Å². The molecule has 0 aromatic rings. The highest BCUT2D eigenvalue weighted by molar-refractivity contribution is 5.86. The third kappa shape index (κ3) is 5.22. The molecular weight excluding hydrogens is 298 g/mol. The van der Waals surface area contributed by atoms with Gasteiger partial charge >= 0.3 is 12.1 Å². The molecular formula is C17H27NO5. The van der Waals surface area contributed by atoms with E-state index in [1.54, 1.807) is 4.90 Å². The molecule has 1 saturated carbocycles. The molecule has 2 rings (SSSR count). The average Bonchev–Trinajstić information content (AvgIpc) is 2.48. The van der Waals surface area contributed by atoms with Gasteiger partial charge in [0, 0.05) is 19.5 Å². The zero-order valence-electron chi connectivity index (χ0n) is 14.3. The first kappa shape index (κ1) is 17.8.